The van der Waals surface area contributed by atoms with Gasteiger partial charge in [-0.25, -0.2) is 9.97 Å². The maximum absolute atomic E-state index is 8.73. The molecule has 0 unspecified atom stereocenters. The van der Waals surface area contributed by atoms with E-state index in [0.29, 0.717) is 11.4 Å². The normalized spacial score (nSPS) is 9.12. The molecule has 0 radical (unpaired) electrons. The average Bonchev–Trinajstić information content (AvgIpc) is 2.39. The molecule has 0 aliphatic rings. The Morgan fingerprint density at radius 3 is 1.62 bits per heavy atom. The van der Waals surface area contributed by atoms with E-state index < -0.39 is 0 Å². The molecule has 0 saturated heterocycles. The summed E-state index contributed by atoms with van der Waals surface area (Å²) in [5.41, 5.74) is 2.41. The fourth-order valence-corrected chi connectivity index (χ4v) is 1.34. The van der Waals surface area contributed by atoms with Gasteiger partial charge in [-0.05, 0) is 35.4 Å². The van der Waals surface area contributed by atoms with Gasteiger partial charge in [0, 0.05) is 12.4 Å². The smallest absolute Gasteiger partial charge is 0.141 e. The molecule has 0 aromatic carbocycles. The summed E-state index contributed by atoms with van der Waals surface area (Å²) in [7, 11) is 0. The summed E-state index contributed by atoms with van der Waals surface area (Å²) in [4.78, 5) is 7.77. The summed E-state index contributed by atoms with van der Waals surface area (Å²) in [5, 5.41) is 17.5. The Labute approximate surface area is 92.4 Å². The van der Waals surface area contributed by atoms with Crippen molar-refractivity contribution in [2.75, 3.05) is 0 Å². The highest BCUT2D eigenvalue weighted by Crippen LogP contribution is 2.19. The third-order valence-electron chi connectivity index (χ3n) is 2.08. The molecule has 16 heavy (non-hydrogen) atoms. The minimum Gasteiger partial charge on any atom is -0.246 e. The Hall–Kier alpha value is -2.72. The van der Waals surface area contributed by atoms with Gasteiger partial charge in [0.25, 0.3) is 0 Å². The van der Waals surface area contributed by atoms with Crippen LogP contribution >= 0.6 is 0 Å². The van der Waals surface area contributed by atoms with E-state index in [9.17, 15) is 0 Å². The van der Waals surface area contributed by atoms with Crippen molar-refractivity contribution < 1.29 is 0 Å². The van der Waals surface area contributed by atoms with E-state index in [0.717, 1.165) is 11.1 Å². The highest BCUT2D eigenvalue weighted by Gasteiger charge is 2.01. The third kappa shape index (κ3) is 1.87. The van der Waals surface area contributed by atoms with E-state index >= 15 is 0 Å². The SMILES string of the molecule is N#Cc1cc(-c2ccnc(C#N)c2)ccn1. The van der Waals surface area contributed by atoms with Crippen LogP contribution in [0, 0.1) is 22.7 Å². The minimum absolute atomic E-state index is 0.354. The standard InChI is InChI=1S/C12H6N4/c13-7-11-5-9(1-3-15-11)10-2-4-16-12(6-10)8-14/h1-6H. The predicted octanol–water partition coefficient (Wildman–Crippen LogP) is 1.89. The van der Waals surface area contributed by atoms with Gasteiger partial charge in [-0.15, -0.1) is 0 Å². The summed E-state index contributed by atoms with van der Waals surface area (Å²) in [5.74, 6) is 0. The molecule has 0 saturated carbocycles. The molecule has 0 bridgehead atoms. The Kier molecular flexibility index (Phi) is 2.58. The first-order chi connectivity index (χ1) is 7.83. The summed E-state index contributed by atoms with van der Waals surface area (Å²) < 4.78 is 0. The van der Waals surface area contributed by atoms with Gasteiger partial charge in [0.05, 0.1) is 0 Å². The molecule has 74 valence electrons. The summed E-state index contributed by atoms with van der Waals surface area (Å²) in [6.45, 7) is 0. The van der Waals surface area contributed by atoms with Crippen molar-refractivity contribution in [1.29, 1.82) is 10.5 Å². The number of nitriles is 2. The quantitative estimate of drug-likeness (QED) is 0.714. The summed E-state index contributed by atoms with van der Waals surface area (Å²) in [6, 6.07) is 10.9. The van der Waals surface area contributed by atoms with Crippen molar-refractivity contribution in [2.45, 2.75) is 0 Å². The molecule has 2 rings (SSSR count). The second-order valence-corrected chi connectivity index (χ2v) is 3.08. The Morgan fingerprint density at radius 1 is 0.812 bits per heavy atom. The van der Waals surface area contributed by atoms with E-state index in [1.807, 2.05) is 12.1 Å². The second-order valence-electron chi connectivity index (χ2n) is 3.08. The Balaban J connectivity index is 2.51. The maximum Gasteiger partial charge on any atom is 0.141 e. The van der Waals surface area contributed by atoms with Crippen LogP contribution in [0.2, 0.25) is 0 Å². The zero-order valence-electron chi connectivity index (χ0n) is 8.25. The first-order valence-corrected chi connectivity index (χ1v) is 4.56. The fraction of sp³-hybridized carbons (Fsp3) is 0. The molecule has 2 aromatic rings. The second kappa shape index (κ2) is 4.20. The van der Waals surface area contributed by atoms with E-state index in [2.05, 4.69) is 9.97 Å². The van der Waals surface area contributed by atoms with Gasteiger partial charge in [-0.2, -0.15) is 10.5 Å². The van der Waals surface area contributed by atoms with Gasteiger partial charge in [-0.3, -0.25) is 0 Å². The van der Waals surface area contributed by atoms with Crippen molar-refractivity contribution in [2.24, 2.45) is 0 Å². The molecule has 0 fully saturated rings. The van der Waals surface area contributed by atoms with Gasteiger partial charge in [-0.1, -0.05) is 0 Å². The number of hydrogen-bond donors (Lipinski definition) is 0. The van der Waals surface area contributed by atoms with Crippen molar-refractivity contribution in [1.82, 2.24) is 9.97 Å². The number of hydrogen-bond acceptors (Lipinski definition) is 4. The molecule has 0 atom stereocenters. The van der Waals surface area contributed by atoms with Crippen molar-refractivity contribution in [3.8, 4) is 23.3 Å². The van der Waals surface area contributed by atoms with Gasteiger partial charge in [0.1, 0.15) is 23.5 Å². The van der Waals surface area contributed by atoms with E-state index in [4.69, 9.17) is 10.5 Å². The van der Waals surface area contributed by atoms with Crippen LogP contribution in [0.4, 0.5) is 0 Å². The van der Waals surface area contributed by atoms with E-state index in [-0.39, 0.29) is 0 Å². The van der Waals surface area contributed by atoms with E-state index in [1.54, 1.807) is 36.7 Å². The molecule has 4 nitrogen and oxygen atoms in total. The highest BCUT2D eigenvalue weighted by atomic mass is 14.7. The Bertz CT molecular complexity index is 549. The largest absolute Gasteiger partial charge is 0.246 e. The van der Waals surface area contributed by atoms with Crippen LogP contribution in [0.25, 0.3) is 11.1 Å². The molecule has 0 aliphatic heterocycles. The first-order valence-electron chi connectivity index (χ1n) is 4.56. The Morgan fingerprint density at radius 2 is 1.25 bits per heavy atom. The predicted molar refractivity (Wildman–Crippen MR) is 56.9 cm³/mol. The van der Waals surface area contributed by atoms with E-state index in [1.165, 1.54) is 0 Å². The lowest BCUT2D eigenvalue weighted by Gasteiger charge is -2.00. The minimum atomic E-state index is 0.354. The van der Waals surface area contributed by atoms with Gasteiger partial charge in [0.15, 0.2) is 0 Å². The van der Waals surface area contributed by atoms with Crippen LogP contribution in [-0.4, -0.2) is 9.97 Å². The lowest BCUT2D eigenvalue weighted by atomic mass is 10.1. The van der Waals surface area contributed by atoms with Crippen molar-refractivity contribution in [3.63, 3.8) is 0 Å². The molecule has 0 aliphatic carbocycles. The van der Waals surface area contributed by atoms with Crippen LogP contribution in [-0.2, 0) is 0 Å². The lowest BCUT2D eigenvalue weighted by molar-refractivity contribution is 1.25. The maximum atomic E-state index is 8.73. The van der Waals surface area contributed by atoms with Gasteiger partial charge < -0.3 is 0 Å². The topological polar surface area (TPSA) is 73.4 Å². The first kappa shape index (κ1) is 9.82. The molecule has 2 aromatic heterocycles. The molecule has 0 amide bonds. The number of rotatable bonds is 1. The van der Waals surface area contributed by atoms with Crippen LogP contribution in [0.1, 0.15) is 11.4 Å². The molecular formula is C12H6N4. The van der Waals surface area contributed by atoms with Crippen LogP contribution in [0.15, 0.2) is 36.7 Å². The molecule has 4 heteroatoms. The molecule has 2 heterocycles. The molecule has 0 spiro atoms. The van der Waals surface area contributed by atoms with Crippen LogP contribution in [0.3, 0.4) is 0 Å². The van der Waals surface area contributed by atoms with Gasteiger partial charge in [0.2, 0.25) is 0 Å². The number of pyridine rings is 2. The average molecular weight is 206 g/mol. The lowest BCUT2D eigenvalue weighted by Crippen LogP contribution is -1.86. The zero-order valence-corrected chi connectivity index (χ0v) is 8.25. The van der Waals surface area contributed by atoms with Crippen molar-refractivity contribution in [3.05, 3.63) is 48.0 Å². The van der Waals surface area contributed by atoms with Gasteiger partial charge >= 0.3 is 0 Å². The summed E-state index contributed by atoms with van der Waals surface area (Å²) in [6.07, 6.45) is 3.14. The fourth-order valence-electron chi connectivity index (χ4n) is 1.34. The van der Waals surface area contributed by atoms with Crippen LogP contribution in [0.5, 0.6) is 0 Å². The number of nitrogens with zero attached hydrogens (tertiary/aromatic N) is 4. The molecular weight excluding hydrogens is 200 g/mol. The summed E-state index contributed by atoms with van der Waals surface area (Å²) >= 11 is 0. The monoisotopic (exact) mass is 206 g/mol. The zero-order chi connectivity index (χ0) is 11.4. The highest BCUT2D eigenvalue weighted by molar-refractivity contribution is 5.64. The molecule has 0 N–H and O–H groups in total. The number of aromatic nitrogens is 2. The van der Waals surface area contributed by atoms with Crippen molar-refractivity contribution >= 4 is 0 Å². The van der Waals surface area contributed by atoms with Crippen LogP contribution < -0.4 is 0 Å². The third-order valence-corrected chi connectivity index (χ3v) is 2.08.